The molecule has 0 bridgehead atoms. The number of halogens is 3. The van der Waals surface area contributed by atoms with Crippen LogP contribution in [0.1, 0.15) is 61.0 Å². The molecular weight excluding hydrogens is 2440 g/mol. The Hall–Kier alpha value is -9.84. The smallest absolute Gasteiger partial charge is 0.381 e. The average Bonchev–Trinajstić information content (AvgIpc) is 1.69. The SMILES string of the molecule is CC(=O)C=C(C)O.CC(=O)C=C(C)O.CC(=O)C=C(C)O.CC(=O)C=C(C)O.CN(C)c1ccc2[c-]c(-c3nc4ccccc4s3)c(=O)oc2c1.FC(F)(F)c1c[c-]c(-c2ccccn2)cc1.[Ir].[Ir].[Ir].[Ir].[Ir].[c-]1ccc2ccccc2c1-c1nc2ccccc2s1.[c-]1ccccc1-c1nc2ccccc2o1.[c-]1ccsc1-c1ccccn1. The molecule has 17 nitrogen and oxygen atoms in total. The summed E-state index contributed by atoms with van der Waals surface area (Å²) >= 11 is 4.85. The molecule has 617 valence electrons. The Kier molecular flexibility index (Phi) is 46.6. The summed E-state index contributed by atoms with van der Waals surface area (Å²) < 4.78 is 50.2. The fourth-order valence-electron chi connectivity index (χ4n) is 9.60. The van der Waals surface area contributed by atoms with Crippen molar-refractivity contribution >= 4 is 116 Å². The van der Waals surface area contributed by atoms with Gasteiger partial charge in [0.25, 0.3) is 5.63 Å². The Bertz CT molecular complexity index is 5560. The second kappa shape index (κ2) is 52.8. The molecule has 15 aromatic rings. The maximum absolute atomic E-state index is 12.3. The fraction of sp³-hybridized carbons (Fsp3) is 0.124. The number of oxazole rings is 1. The minimum Gasteiger partial charge on any atom is -0.512 e. The predicted octanol–water partition coefficient (Wildman–Crippen LogP) is 22.5. The van der Waals surface area contributed by atoms with Gasteiger partial charge in [0.05, 0.1) is 50.2 Å². The number of thiophene rings is 1. The summed E-state index contributed by atoms with van der Waals surface area (Å²) in [6, 6.07) is 81.2. The quantitative estimate of drug-likeness (QED) is 0.0429. The zero-order chi connectivity index (χ0) is 81.3. The van der Waals surface area contributed by atoms with Gasteiger partial charge in [0.1, 0.15) is 11.5 Å². The van der Waals surface area contributed by atoms with E-state index in [-0.39, 0.29) is 147 Å². The van der Waals surface area contributed by atoms with Crippen LogP contribution >= 0.6 is 34.0 Å². The first kappa shape index (κ1) is 103. The third-order valence-corrected chi connectivity index (χ3v) is 17.2. The Labute approximate surface area is 754 Å². The van der Waals surface area contributed by atoms with Crippen LogP contribution in [0.15, 0.2) is 291 Å². The number of hydrogen-bond donors (Lipinski definition) is 4. The number of ketones is 4. The van der Waals surface area contributed by atoms with Crippen molar-refractivity contribution in [3.05, 3.63) is 324 Å². The van der Waals surface area contributed by atoms with Crippen LogP contribution < -0.4 is 10.5 Å². The van der Waals surface area contributed by atoms with E-state index in [9.17, 15) is 37.1 Å². The number of aromatic nitrogens is 5. The minimum absolute atomic E-state index is 0. The number of alkyl halides is 3. The van der Waals surface area contributed by atoms with Crippen molar-refractivity contribution in [2.45, 2.75) is 61.6 Å². The van der Waals surface area contributed by atoms with Crippen LogP contribution in [0.2, 0.25) is 0 Å². The normalized spacial score (nSPS) is 10.6. The monoisotopic (exact) mass is 2520 g/mol. The van der Waals surface area contributed by atoms with Crippen LogP contribution in [-0.4, -0.2) is 82.6 Å². The zero-order valence-corrected chi connectivity index (χ0v) is 78.5. The molecule has 28 heteroatoms. The van der Waals surface area contributed by atoms with E-state index in [0.717, 1.165) is 76.7 Å². The number of anilines is 1. The summed E-state index contributed by atoms with van der Waals surface area (Å²) in [5.74, 6) is 0.372. The van der Waals surface area contributed by atoms with Crippen molar-refractivity contribution in [3.63, 3.8) is 0 Å². The topological polar surface area (TPSA) is 260 Å². The Morgan fingerprint density at radius 1 is 0.470 bits per heavy atom. The third-order valence-electron chi connectivity index (χ3n) is 14.2. The van der Waals surface area contributed by atoms with Crippen LogP contribution in [-0.2, 0) is 126 Å². The second-order valence-corrected chi connectivity index (χ2v) is 27.0. The molecular formula is C89H76F3Ir5N6O11S3-5. The zero-order valence-electron chi connectivity index (χ0n) is 64.1. The number of benzene rings is 8. The van der Waals surface area contributed by atoms with Crippen LogP contribution in [0, 0.1) is 30.3 Å². The summed E-state index contributed by atoms with van der Waals surface area (Å²) in [5, 5.41) is 40.3. The Morgan fingerprint density at radius 2 is 0.974 bits per heavy atom. The van der Waals surface area contributed by atoms with Crippen LogP contribution in [0.25, 0.3) is 108 Å². The third kappa shape index (κ3) is 35.5. The molecule has 15 rings (SSSR count). The van der Waals surface area contributed by atoms with Gasteiger partial charge in [-0.2, -0.15) is 48.0 Å². The van der Waals surface area contributed by atoms with Crippen molar-refractivity contribution in [2.75, 3.05) is 19.0 Å². The summed E-state index contributed by atoms with van der Waals surface area (Å²) in [6.45, 7) is 11.4. The maximum atomic E-state index is 12.3. The molecule has 0 atom stereocenters. The van der Waals surface area contributed by atoms with Gasteiger partial charge in [-0.05, 0) is 133 Å². The number of aliphatic hydroxyl groups is 4. The summed E-state index contributed by atoms with van der Waals surface area (Å²) in [4.78, 5) is 77.3. The van der Waals surface area contributed by atoms with E-state index in [1.54, 1.807) is 53.3 Å². The standard InChI is InChI=1S/C18H13N2O2S.C17H10NS.C13H8NO.C12H7F3N.C9H6NS.4C5H8O2.5Ir/c1-20(2)12-8-7-11-9-13(18(21)22-15(11)10-12)17-19-14-5-3-4-6-16(14)23-17;1-2-8-13-12(6-1)7-5-9-14(13)17-18-15-10-3-4-11-16(15)19-17;1-2-6-10(7-3-1)13-14-11-8-4-5-9-12(11)15-13;13-12(14,15)10-6-4-9(5-7-10)11-3-1-2-8-16-11;1-2-6-10-8(4-1)9-5-3-7-11-9;4*1-4(6)3-5(2)7;;;;;/h3-8,10H,1-2H3;1-8,10-11H;1-6,8-9H;1-4,6-8H;1-4,6-7H;4*3,6H,1-2H3;;;;;/q5*-1;;;;;;;;;. The van der Waals surface area contributed by atoms with Gasteiger partial charge < -0.3 is 44.1 Å². The number of fused-ring (bicyclic) bond motifs is 5. The average molecular weight is 2520 g/mol. The number of rotatable bonds is 10. The second-order valence-electron chi connectivity index (χ2n) is 24.0. The predicted molar refractivity (Wildman–Crippen MR) is 442 cm³/mol. The first-order chi connectivity index (χ1) is 53.5. The first-order valence-corrected chi connectivity index (χ1v) is 36.5. The molecule has 0 aliphatic carbocycles. The van der Waals surface area contributed by atoms with E-state index in [1.165, 1.54) is 113 Å². The molecule has 0 aliphatic rings. The summed E-state index contributed by atoms with van der Waals surface area (Å²) in [5.41, 5.74) is 8.55. The molecule has 7 aromatic heterocycles. The molecule has 0 fully saturated rings. The van der Waals surface area contributed by atoms with Crippen molar-refractivity contribution in [2.24, 2.45) is 0 Å². The number of carbonyl (C=O) groups is 4. The number of pyridine rings is 2. The molecule has 0 saturated heterocycles. The molecule has 7 heterocycles. The van der Waals surface area contributed by atoms with Crippen molar-refractivity contribution in [1.82, 2.24) is 24.9 Å². The van der Waals surface area contributed by atoms with Gasteiger partial charge in [-0.15, -0.1) is 107 Å². The van der Waals surface area contributed by atoms with Crippen LogP contribution in [0.3, 0.4) is 0 Å². The maximum Gasteiger partial charge on any atom is 0.381 e. The van der Waals surface area contributed by atoms with Crippen molar-refractivity contribution in [3.8, 4) is 54.4 Å². The number of thiazole rings is 2. The van der Waals surface area contributed by atoms with Gasteiger partial charge in [0.2, 0.25) is 0 Å². The van der Waals surface area contributed by atoms with Gasteiger partial charge in [-0.1, -0.05) is 112 Å². The molecule has 117 heavy (non-hydrogen) atoms. The number of nitrogens with zero attached hydrogens (tertiary/aromatic N) is 6. The van der Waals surface area contributed by atoms with E-state index >= 15 is 0 Å². The van der Waals surface area contributed by atoms with Gasteiger partial charge >= 0.3 is 6.18 Å². The van der Waals surface area contributed by atoms with E-state index in [2.05, 4.69) is 98.8 Å². The van der Waals surface area contributed by atoms with E-state index in [0.29, 0.717) is 33.3 Å². The Morgan fingerprint density at radius 3 is 1.43 bits per heavy atom. The van der Waals surface area contributed by atoms with Crippen molar-refractivity contribution < 1.29 is 162 Å². The number of hydrogen-bond acceptors (Lipinski definition) is 20. The number of allylic oxidation sites excluding steroid dienone is 8. The molecule has 0 unspecified atom stereocenters. The minimum atomic E-state index is -4.32. The molecule has 0 amide bonds. The summed E-state index contributed by atoms with van der Waals surface area (Å²) in [6.07, 6.45) is 3.73. The molecule has 8 aromatic carbocycles. The van der Waals surface area contributed by atoms with Gasteiger partial charge in [0, 0.05) is 171 Å². The van der Waals surface area contributed by atoms with Crippen LogP contribution in [0.5, 0.6) is 0 Å². The number of para-hydroxylation sites is 4. The molecule has 0 spiro atoms. The van der Waals surface area contributed by atoms with Crippen molar-refractivity contribution in [1.29, 1.82) is 0 Å². The molecule has 0 aliphatic heterocycles. The largest absolute Gasteiger partial charge is 0.512 e. The molecule has 0 saturated carbocycles. The van der Waals surface area contributed by atoms with Gasteiger partial charge in [-0.3, -0.25) is 38.9 Å². The van der Waals surface area contributed by atoms with Gasteiger partial charge in [-0.25, -0.2) is 11.3 Å². The first-order valence-electron chi connectivity index (χ1n) is 34.0. The van der Waals surface area contributed by atoms with E-state index in [1.807, 2.05) is 152 Å². The molecule has 4 N–H and O–H groups in total. The number of carbonyl (C=O) groups excluding carboxylic acids is 4. The fourth-order valence-corrected chi connectivity index (χ4v) is 12.2. The van der Waals surface area contributed by atoms with Gasteiger partial charge in [0.15, 0.2) is 23.1 Å². The number of aliphatic hydroxyl groups excluding tert-OH is 4. The van der Waals surface area contributed by atoms with Crippen LogP contribution in [0.4, 0.5) is 18.9 Å². The summed E-state index contributed by atoms with van der Waals surface area (Å²) in [7, 11) is 3.89. The van der Waals surface area contributed by atoms with E-state index < -0.39 is 17.4 Å². The molecule has 5 radical (unpaired) electrons. The Balaban J connectivity index is 0.000000459. The van der Waals surface area contributed by atoms with E-state index in [4.69, 9.17) is 34.2 Å².